The van der Waals surface area contributed by atoms with Crippen molar-refractivity contribution < 1.29 is 0 Å². The minimum Gasteiger partial charge on any atom is -0.363 e. The maximum Gasteiger partial charge on any atom is 0.235 e. The van der Waals surface area contributed by atoms with Crippen LogP contribution in [0.25, 0.3) is 5.78 Å². The van der Waals surface area contributed by atoms with Gasteiger partial charge in [-0.15, -0.1) is 11.8 Å². The van der Waals surface area contributed by atoms with Crippen molar-refractivity contribution in [3.8, 4) is 0 Å². The largest absolute Gasteiger partial charge is 0.363 e. The lowest BCUT2D eigenvalue weighted by Crippen LogP contribution is -2.17. The van der Waals surface area contributed by atoms with Gasteiger partial charge < -0.3 is 4.90 Å². The van der Waals surface area contributed by atoms with Crippen molar-refractivity contribution in [2.75, 3.05) is 25.3 Å². The Hall–Kier alpha value is -2.01. The van der Waals surface area contributed by atoms with Crippen LogP contribution in [-0.4, -0.2) is 34.7 Å². The Kier molecular flexibility index (Phi) is 4.07. The molecule has 2 aromatic heterocycles. The van der Waals surface area contributed by atoms with Gasteiger partial charge in [-0.1, -0.05) is 12.1 Å². The van der Waals surface area contributed by atoms with Gasteiger partial charge in [0.05, 0.1) is 0 Å². The summed E-state index contributed by atoms with van der Waals surface area (Å²) in [5.41, 5.74) is 3.58. The molecule has 0 atom stereocenters. The molecule has 2 heterocycles. The molecule has 0 saturated heterocycles. The van der Waals surface area contributed by atoms with Crippen LogP contribution in [0.15, 0.2) is 41.6 Å². The number of aryl methyl sites for hydroxylation is 1. The Morgan fingerprint density at radius 3 is 2.55 bits per heavy atom. The smallest absolute Gasteiger partial charge is 0.235 e. The van der Waals surface area contributed by atoms with Crippen molar-refractivity contribution in [3.63, 3.8) is 0 Å². The highest BCUT2D eigenvalue weighted by molar-refractivity contribution is 7.98. The number of benzene rings is 1. The Balaban J connectivity index is 2.08. The molecule has 1 aromatic carbocycles. The van der Waals surface area contributed by atoms with E-state index in [-0.39, 0.29) is 0 Å². The van der Waals surface area contributed by atoms with Crippen molar-refractivity contribution in [2.24, 2.45) is 0 Å². The SMILES string of the molecule is CSc1ccc(Cc2c(C)nc3nccn3c2N(C)C)cc1. The van der Waals surface area contributed by atoms with E-state index in [0.29, 0.717) is 0 Å². The number of hydrogen-bond acceptors (Lipinski definition) is 4. The Labute approximate surface area is 135 Å². The van der Waals surface area contributed by atoms with Crippen molar-refractivity contribution in [3.05, 3.63) is 53.5 Å². The first kappa shape index (κ1) is 14.9. The summed E-state index contributed by atoms with van der Waals surface area (Å²) in [4.78, 5) is 12.4. The average molecular weight is 312 g/mol. The number of rotatable bonds is 4. The lowest BCUT2D eigenvalue weighted by molar-refractivity contribution is 0.938. The fourth-order valence-electron chi connectivity index (χ4n) is 2.71. The van der Waals surface area contributed by atoms with E-state index < -0.39 is 0 Å². The molecule has 0 amide bonds. The van der Waals surface area contributed by atoms with E-state index in [1.165, 1.54) is 16.0 Å². The van der Waals surface area contributed by atoms with Gasteiger partial charge in [-0.25, -0.2) is 9.97 Å². The third-order valence-electron chi connectivity index (χ3n) is 3.79. The maximum absolute atomic E-state index is 4.63. The quantitative estimate of drug-likeness (QED) is 0.691. The topological polar surface area (TPSA) is 33.4 Å². The summed E-state index contributed by atoms with van der Waals surface area (Å²) >= 11 is 1.77. The van der Waals surface area contributed by atoms with E-state index >= 15 is 0 Å². The van der Waals surface area contributed by atoms with Gasteiger partial charge >= 0.3 is 0 Å². The Morgan fingerprint density at radius 1 is 1.18 bits per heavy atom. The van der Waals surface area contributed by atoms with Crippen LogP contribution in [0, 0.1) is 6.92 Å². The minimum atomic E-state index is 0.752. The number of imidazole rings is 1. The predicted molar refractivity (Wildman–Crippen MR) is 93.1 cm³/mol. The molecule has 0 aliphatic rings. The fourth-order valence-corrected chi connectivity index (χ4v) is 3.12. The zero-order valence-corrected chi connectivity index (χ0v) is 14.2. The van der Waals surface area contributed by atoms with E-state index in [1.54, 1.807) is 18.0 Å². The van der Waals surface area contributed by atoms with Crippen LogP contribution in [0.3, 0.4) is 0 Å². The lowest BCUT2D eigenvalue weighted by Gasteiger charge is -2.20. The number of fused-ring (bicyclic) bond motifs is 1. The first-order valence-corrected chi connectivity index (χ1v) is 8.45. The van der Waals surface area contributed by atoms with Gasteiger partial charge in [0.1, 0.15) is 5.82 Å². The van der Waals surface area contributed by atoms with Gasteiger partial charge in [0.15, 0.2) is 0 Å². The van der Waals surface area contributed by atoms with Gasteiger partial charge in [-0.3, -0.25) is 4.40 Å². The number of anilines is 1. The van der Waals surface area contributed by atoms with Crippen LogP contribution in [0.2, 0.25) is 0 Å². The van der Waals surface area contributed by atoms with Crippen molar-refractivity contribution in [1.29, 1.82) is 0 Å². The molecule has 0 radical (unpaired) electrons. The molecule has 114 valence electrons. The van der Waals surface area contributed by atoms with Crippen LogP contribution in [0.5, 0.6) is 0 Å². The van der Waals surface area contributed by atoms with Crippen molar-refractivity contribution in [1.82, 2.24) is 14.4 Å². The highest BCUT2D eigenvalue weighted by atomic mass is 32.2. The van der Waals surface area contributed by atoms with Gasteiger partial charge in [0, 0.05) is 49.1 Å². The van der Waals surface area contributed by atoms with Crippen LogP contribution < -0.4 is 4.90 Å². The van der Waals surface area contributed by atoms with Crippen molar-refractivity contribution in [2.45, 2.75) is 18.2 Å². The third kappa shape index (κ3) is 2.68. The molecule has 0 fully saturated rings. The molecule has 0 unspecified atom stereocenters. The summed E-state index contributed by atoms with van der Waals surface area (Å²) in [6, 6.07) is 8.74. The Morgan fingerprint density at radius 2 is 1.91 bits per heavy atom. The summed E-state index contributed by atoms with van der Waals surface area (Å²) in [7, 11) is 4.13. The van der Waals surface area contributed by atoms with E-state index in [1.807, 2.05) is 6.20 Å². The summed E-state index contributed by atoms with van der Waals surface area (Å²) in [5.74, 6) is 1.90. The molecule has 3 aromatic rings. The highest BCUT2D eigenvalue weighted by Crippen LogP contribution is 2.26. The second kappa shape index (κ2) is 6.01. The average Bonchev–Trinajstić information content (AvgIpc) is 2.95. The molecule has 0 aliphatic heterocycles. The molecule has 0 spiro atoms. The number of hydrogen-bond donors (Lipinski definition) is 0. The standard InChI is InChI=1S/C17H20N4S/c1-12-15(11-13-5-7-14(22-4)8-6-13)16(20(2)3)21-10-9-18-17(21)19-12/h5-10H,11H2,1-4H3. The predicted octanol–water partition coefficient (Wildman–Crippen LogP) is 3.42. The summed E-state index contributed by atoms with van der Waals surface area (Å²) in [5, 5.41) is 0. The number of nitrogens with zero attached hydrogens (tertiary/aromatic N) is 4. The minimum absolute atomic E-state index is 0.752. The monoisotopic (exact) mass is 312 g/mol. The summed E-state index contributed by atoms with van der Waals surface area (Å²) < 4.78 is 2.05. The first-order chi connectivity index (χ1) is 10.6. The summed E-state index contributed by atoms with van der Waals surface area (Å²) in [6.07, 6.45) is 6.73. The molecule has 3 rings (SSSR count). The van der Waals surface area contributed by atoms with E-state index in [9.17, 15) is 0 Å². The van der Waals surface area contributed by atoms with E-state index in [2.05, 4.69) is 70.8 Å². The van der Waals surface area contributed by atoms with E-state index in [0.717, 1.165) is 23.7 Å². The third-order valence-corrected chi connectivity index (χ3v) is 4.53. The number of aromatic nitrogens is 3. The molecular formula is C17H20N4S. The van der Waals surface area contributed by atoms with Gasteiger partial charge in [0.2, 0.25) is 5.78 Å². The first-order valence-electron chi connectivity index (χ1n) is 7.23. The Bertz CT molecular complexity index is 790. The molecule has 4 nitrogen and oxygen atoms in total. The van der Waals surface area contributed by atoms with Gasteiger partial charge in [-0.05, 0) is 30.9 Å². The maximum atomic E-state index is 4.63. The normalized spacial score (nSPS) is 11.1. The molecular weight excluding hydrogens is 292 g/mol. The second-order valence-electron chi connectivity index (χ2n) is 5.52. The number of thioether (sulfide) groups is 1. The van der Waals surface area contributed by atoms with Crippen LogP contribution in [-0.2, 0) is 6.42 Å². The molecule has 5 heteroatoms. The zero-order valence-electron chi connectivity index (χ0n) is 13.4. The van der Waals surface area contributed by atoms with Crippen LogP contribution in [0.1, 0.15) is 16.8 Å². The van der Waals surface area contributed by atoms with E-state index in [4.69, 9.17) is 0 Å². The lowest BCUT2D eigenvalue weighted by atomic mass is 10.0. The molecule has 0 saturated carbocycles. The highest BCUT2D eigenvalue weighted by Gasteiger charge is 2.15. The molecule has 22 heavy (non-hydrogen) atoms. The van der Waals surface area contributed by atoms with Gasteiger partial charge in [0.25, 0.3) is 0 Å². The molecule has 0 bridgehead atoms. The zero-order chi connectivity index (χ0) is 15.7. The summed E-state index contributed by atoms with van der Waals surface area (Å²) in [6.45, 7) is 2.06. The van der Waals surface area contributed by atoms with Gasteiger partial charge in [-0.2, -0.15) is 0 Å². The van der Waals surface area contributed by atoms with Crippen LogP contribution in [0.4, 0.5) is 5.82 Å². The fraction of sp³-hybridized carbons (Fsp3) is 0.294. The second-order valence-corrected chi connectivity index (χ2v) is 6.40. The molecule has 0 N–H and O–H groups in total. The molecule has 0 aliphatic carbocycles. The van der Waals surface area contributed by atoms with Crippen LogP contribution >= 0.6 is 11.8 Å². The van der Waals surface area contributed by atoms with Crippen molar-refractivity contribution >= 4 is 23.4 Å².